The van der Waals surface area contributed by atoms with E-state index in [0.29, 0.717) is 50.3 Å². The van der Waals surface area contributed by atoms with Crippen molar-refractivity contribution in [3.63, 3.8) is 0 Å². The Morgan fingerprint density at radius 2 is 1.61 bits per heavy atom. The van der Waals surface area contributed by atoms with Gasteiger partial charge in [0.1, 0.15) is 28.5 Å². The molecule has 2 aromatic carbocycles. The Hall–Kier alpha value is -6.27. The number of pyridine rings is 1. The molecule has 1 aliphatic carbocycles. The Morgan fingerprint density at radius 3 is 2.26 bits per heavy atom. The van der Waals surface area contributed by atoms with E-state index in [4.69, 9.17) is 14.2 Å². The number of aryl methyl sites for hydroxylation is 1. The molecule has 4 heterocycles. The first kappa shape index (κ1) is 47.7. The van der Waals surface area contributed by atoms with Gasteiger partial charge < -0.3 is 35.5 Å². The van der Waals surface area contributed by atoms with E-state index in [-0.39, 0.29) is 60.4 Å². The molecule has 0 radical (unpaired) electrons. The van der Waals surface area contributed by atoms with E-state index in [0.717, 1.165) is 40.7 Å². The van der Waals surface area contributed by atoms with Gasteiger partial charge in [-0.25, -0.2) is 9.59 Å². The lowest BCUT2D eigenvalue weighted by Gasteiger charge is -2.47. The topological polar surface area (TPSA) is 241 Å². The van der Waals surface area contributed by atoms with E-state index in [1.54, 1.807) is 36.5 Å². The number of nitrogens with one attached hydrogen (secondary N) is 6. The summed E-state index contributed by atoms with van der Waals surface area (Å²) in [5, 5.41) is 29.4. The number of hydrogen-bond acceptors (Lipinski definition) is 13. The predicted molar refractivity (Wildman–Crippen MR) is 245 cm³/mol. The molecule has 1 saturated carbocycles. The largest absolute Gasteiger partial charge is 0.459 e. The van der Waals surface area contributed by atoms with E-state index < -0.39 is 34.8 Å². The number of H-pyrrole nitrogens is 1. The number of aromatic amines is 1. The second-order valence-electron chi connectivity index (χ2n) is 19.8. The van der Waals surface area contributed by atoms with Crippen LogP contribution in [0.4, 0.5) is 10.5 Å². The van der Waals surface area contributed by atoms with Crippen LogP contribution >= 0.6 is 0 Å². The number of aromatic nitrogens is 5. The Kier molecular flexibility index (Phi) is 14.5. The molecule has 66 heavy (non-hydrogen) atoms. The molecule has 3 aliphatic rings. The van der Waals surface area contributed by atoms with E-state index in [1.165, 1.54) is 0 Å². The van der Waals surface area contributed by atoms with E-state index in [1.807, 2.05) is 72.7 Å². The molecule has 3 unspecified atom stereocenters. The first-order chi connectivity index (χ1) is 31.3. The second kappa shape index (κ2) is 20.1. The minimum absolute atomic E-state index is 0.110. The van der Waals surface area contributed by atoms with Crippen LogP contribution in [0.2, 0.25) is 0 Å². The molecule has 18 heteroatoms. The molecule has 7 rings (SSSR count). The molecule has 0 spiro atoms. The summed E-state index contributed by atoms with van der Waals surface area (Å²) in [6, 6.07) is 15.2. The number of carbonyl (C=O) groups is 5. The third-order valence-electron chi connectivity index (χ3n) is 12.0. The Balaban J connectivity index is 0.991. The van der Waals surface area contributed by atoms with Crippen LogP contribution in [0.1, 0.15) is 102 Å². The zero-order valence-electron chi connectivity index (χ0n) is 38.8. The van der Waals surface area contributed by atoms with Crippen molar-refractivity contribution in [2.45, 2.75) is 128 Å². The average molecular weight is 907 g/mol. The zero-order chi connectivity index (χ0) is 47.2. The van der Waals surface area contributed by atoms with Crippen molar-refractivity contribution in [3.05, 3.63) is 77.6 Å². The number of tetrazole rings is 1. The van der Waals surface area contributed by atoms with Gasteiger partial charge in [0.15, 0.2) is 0 Å². The van der Waals surface area contributed by atoms with Crippen LogP contribution in [0.25, 0.3) is 22.5 Å². The summed E-state index contributed by atoms with van der Waals surface area (Å²) in [5.41, 5.74) is 2.58. The van der Waals surface area contributed by atoms with Gasteiger partial charge in [-0.1, -0.05) is 24.3 Å². The second-order valence-corrected chi connectivity index (χ2v) is 19.8. The first-order valence-corrected chi connectivity index (χ1v) is 22.7. The van der Waals surface area contributed by atoms with Gasteiger partial charge in [0.2, 0.25) is 17.6 Å². The lowest BCUT2D eigenvalue weighted by Crippen LogP contribution is -2.70. The number of hydrogen-bond donors (Lipinski definition) is 6. The van der Waals surface area contributed by atoms with E-state index >= 15 is 0 Å². The molecule has 4 amide bonds. The molecule has 2 saturated heterocycles. The minimum atomic E-state index is -1.05. The number of nitrogens with zero attached hydrogens (tertiary/aromatic N) is 4. The Bertz CT molecular complexity index is 2350. The number of benzene rings is 2. The van der Waals surface area contributed by atoms with Gasteiger partial charge in [-0.2, -0.15) is 5.21 Å². The Labute approximate surface area is 384 Å². The lowest BCUT2D eigenvalue weighted by atomic mass is 9.81. The molecule has 2 aliphatic heterocycles. The number of carbonyl (C=O) groups excluding carboxylic acids is 5. The molecule has 3 fully saturated rings. The van der Waals surface area contributed by atoms with Crippen LogP contribution in [0, 0.1) is 18.8 Å². The van der Waals surface area contributed by atoms with Gasteiger partial charge in [-0.05, 0) is 145 Å². The summed E-state index contributed by atoms with van der Waals surface area (Å²) in [7, 11) is 0. The number of esters is 1. The fraction of sp³-hybridized carbons (Fsp3) is 0.521. The maximum atomic E-state index is 14.0. The molecule has 2 aromatic heterocycles. The lowest BCUT2D eigenvalue weighted by molar-refractivity contribution is -0.173. The quantitative estimate of drug-likeness (QED) is 0.0948. The summed E-state index contributed by atoms with van der Waals surface area (Å²) in [4.78, 5) is 71.4. The summed E-state index contributed by atoms with van der Waals surface area (Å²) in [6.45, 7) is 13.9. The fourth-order valence-corrected chi connectivity index (χ4v) is 8.81. The number of ether oxygens (including phenoxy) is 3. The van der Waals surface area contributed by atoms with Gasteiger partial charge in [0.05, 0.1) is 13.2 Å². The van der Waals surface area contributed by atoms with Crippen molar-refractivity contribution in [1.82, 2.24) is 46.9 Å². The highest BCUT2D eigenvalue weighted by Crippen LogP contribution is 2.32. The van der Waals surface area contributed by atoms with Crippen LogP contribution in [-0.4, -0.2) is 110 Å². The monoisotopic (exact) mass is 906 g/mol. The van der Waals surface area contributed by atoms with Gasteiger partial charge in [0.25, 0.3) is 5.91 Å². The van der Waals surface area contributed by atoms with Crippen molar-refractivity contribution in [1.29, 1.82) is 0 Å². The number of fused-ring (bicyclic) bond motifs is 2. The summed E-state index contributed by atoms with van der Waals surface area (Å²) < 4.78 is 16.9. The van der Waals surface area contributed by atoms with Crippen LogP contribution in [0.15, 0.2) is 60.8 Å². The average Bonchev–Trinajstić information content (AvgIpc) is 3.80. The fourth-order valence-electron chi connectivity index (χ4n) is 8.81. The third-order valence-corrected chi connectivity index (χ3v) is 12.0. The summed E-state index contributed by atoms with van der Waals surface area (Å²) in [5.74, 6) is -0.923. The SMILES string of the molecule is Cc1cc(C(=O)NC2CC3COCC(C(=O)OC(C)(C)C)(C2)N3)ncc1-c1ccc(C[C@H](NC(=O)C2CCC(CNC(=O)OC(C)(C)C)CC2)C(=O)Nc2ccc(-c3nn[nH]n3)cc2)cc1. The van der Waals surface area contributed by atoms with Crippen LogP contribution in [-0.2, 0) is 35.0 Å². The molecule has 4 aromatic rings. The van der Waals surface area contributed by atoms with Gasteiger partial charge in [0, 0.05) is 54.0 Å². The van der Waals surface area contributed by atoms with E-state index in [9.17, 15) is 24.0 Å². The predicted octanol–water partition coefficient (Wildman–Crippen LogP) is 5.20. The highest BCUT2D eigenvalue weighted by molar-refractivity contribution is 5.98. The highest BCUT2D eigenvalue weighted by Gasteiger charge is 2.51. The van der Waals surface area contributed by atoms with Gasteiger partial charge in [-0.3, -0.25) is 24.7 Å². The summed E-state index contributed by atoms with van der Waals surface area (Å²) >= 11 is 0. The normalized spacial score (nSPS) is 22.3. The standard InChI is InChI=1S/C48H62N10O8/c1-28-20-38(42(60)52-35-22-36-26-64-27-48(23-35,54-36)44(62)65-46(2,3)4)49-25-37(28)31-12-8-29(9-13-31)21-39(43(61)51-34-18-16-32(17-19-34)40-55-57-58-56-40)53-41(59)33-14-10-30(11-15-33)24-50-45(63)66-47(5,6)7/h8-9,12-13,16-20,25,30,33,35-36,39,54H,10-11,14-15,21-24,26-27H2,1-7H3,(H,50,63)(H,51,61)(H,52,60)(H,53,59)(H,55,56,57,58)/t30?,33?,35?,36?,39-,48?/m0/s1. The van der Waals surface area contributed by atoms with E-state index in [2.05, 4.69) is 52.2 Å². The smallest absolute Gasteiger partial charge is 0.407 e. The number of morpholine rings is 1. The molecule has 2 bridgehead atoms. The molecule has 18 nitrogen and oxygen atoms in total. The van der Waals surface area contributed by atoms with Crippen LogP contribution in [0.5, 0.6) is 0 Å². The number of amides is 4. The summed E-state index contributed by atoms with van der Waals surface area (Å²) in [6.07, 6.45) is 5.13. The number of alkyl carbamates (subject to hydrolysis) is 1. The number of anilines is 1. The number of piperidine rings is 1. The van der Waals surface area contributed by atoms with Crippen LogP contribution < -0.4 is 26.6 Å². The maximum Gasteiger partial charge on any atom is 0.407 e. The minimum Gasteiger partial charge on any atom is -0.459 e. The van der Waals surface area contributed by atoms with Crippen molar-refractivity contribution in [2.75, 3.05) is 25.1 Å². The van der Waals surface area contributed by atoms with Crippen molar-refractivity contribution in [2.24, 2.45) is 11.8 Å². The Morgan fingerprint density at radius 1 is 0.909 bits per heavy atom. The number of rotatable bonds is 13. The highest BCUT2D eigenvalue weighted by atomic mass is 16.6. The molecular weight excluding hydrogens is 845 g/mol. The maximum absolute atomic E-state index is 14.0. The van der Waals surface area contributed by atoms with Gasteiger partial charge >= 0.3 is 12.1 Å². The van der Waals surface area contributed by atoms with Crippen molar-refractivity contribution >= 4 is 35.5 Å². The molecule has 4 atom stereocenters. The van der Waals surface area contributed by atoms with Crippen molar-refractivity contribution in [3.8, 4) is 22.5 Å². The molecule has 6 N–H and O–H groups in total. The molecule has 352 valence electrons. The van der Waals surface area contributed by atoms with Crippen LogP contribution in [0.3, 0.4) is 0 Å². The third kappa shape index (κ3) is 12.5. The molecular formula is C48H62N10O8. The zero-order valence-corrected chi connectivity index (χ0v) is 38.8. The van der Waals surface area contributed by atoms with Gasteiger partial charge in [-0.15, -0.1) is 10.2 Å². The van der Waals surface area contributed by atoms with Crippen molar-refractivity contribution < 1.29 is 38.2 Å². The first-order valence-electron chi connectivity index (χ1n) is 22.7.